The van der Waals surface area contributed by atoms with Crippen LogP contribution in [0.4, 0.5) is 5.13 Å². The first kappa shape index (κ1) is 16.1. The molecule has 3 rings (SSSR count). The van der Waals surface area contributed by atoms with Crippen LogP contribution in [0.5, 0.6) is 0 Å². The normalized spacial score (nSPS) is 16.1. The fourth-order valence-corrected chi connectivity index (χ4v) is 4.44. The molecule has 0 saturated carbocycles. The first-order valence-electron chi connectivity index (χ1n) is 7.57. The molecule has 1 saturated heterocycles. The predicted molar refractivity (Wildman–Crippen MR) is 97.6 cm³/mol. The number of piperazine rings is 1. The maximum absolute atomic E-state index is 6.18. The van der Waals surface area contributed by atoms with Crippen molar-refractivity contribution in [3.8, 4) is 0 Å². The third-order valence-electron chi connectivity index (χ3n) is 3.77. The number of benzene rings is 1. The highest BCUT2D eigenvalue weighted by Crippen LogP contribution is 2.27. The monoisotopic (exact) mass is 353 g/mol. The zero-order valence-electron chi connectivity index (χ0n) is 12.4. The zero-order valence-corrected chi connectivity index (χ0v) is 14.8. The van der Waals surface area contributed by atoms with Crippen LogP contribution in [-0.2, 0) is 0 Å². The molecule has 1 aliphatic heterocycles. The molecule has 0 N–H and O–H groups in total. The van der Waals surface area contributed by atoms with Crippen LogP contribution in [0.2, 0.25) is 5.02 Å². The highest BCUT2D eigenvalue weighted by atomic mass is 35.5. The van der Waals surface area contributed by atoms with Crippen molar-refractivity contribution in [3.63, 3.8) is 0 Å². The lowest BCUT2D eigenvalue weighted by Crippen LogP contribution is -2.46. The number of nitrogens with zero attached hydrogens (tertiary/aromatic N) is 3. The average molecular weight is 354 g/mol. The van der Waals surface area contributed by atoms with Gasteiger partial charge in [0.25, 0.3) is 0 Å². The minimum absolute atomic E-state index is 0.865. The van der Waals surface area contributed by atoms with Gasteiger partial charge < -0.3 is 4.90 Å². The first-order valence-corrected chi connectivity index (χ1v) is 9.81. The molecule has 0 radical (unpaired) electrons. The molecule has 1 aliphatic rings. The van der Waals surface area contributed by atoms with Gasteiger partial charge >= 0.3 is 0 Å². The summed E-state index contributed by atoms with van der Waals surface area (Å²) in [5, 5.41) is 4.08. The summed E-state index contributed by atoms with van der Waals surface area (Å²) >= 11 is 9.76. The van der Waals surface area contributed by atoms with E-state index >= 15 is 0 Å². The number of thiazole rings is 1. The lowest BCUT2D eigenvalue weighted by molar-refractivity contribution is 0.259. The van der Waals surface area contributed by atoms with Gasteiger partial charge in [0.05, 0.1) is 5.02 Å². The molecule has 22 heavy (non-hydrogen) atoms. The van der Waals surface area contributed by atoms with Gasteiger partial charge in [0, 0.05) is 42.7 Å². The van der Waals surface area contributed by atoms with E-state index in [0.29, 0.717) is 0 Å². The number of hydrogen-bond acceptors (Lipinski definition) is 5. The minimum Gasteiger partial charge on any atom is -0.346 e. The summed E-state index contributed by atoms with van der Waals surface area (Å²) in [7, 11) is 0. The SMILES string of the molecule is Clc1ccccc1SCCCN1CCN(c2nccs2)CC1. The van der Waals surface area contributed by atoms with Crippen LogP contribution in [0.1, 0.15) is 6.42 Å². The van der Waals surface area contributed by atoms with Gasteiger partial charge in [-0.05, 0) is 30.9 Å². The Morgan fingerprint density at radius 3 is 2.73 bits per heavy atom. The van der Waals surface area contributed by atoms with Crippen LogP contribution in [0.25, 0.3) is 0 Å². The molecule has 0 spiro atoms. The fraction of sp³-hybridized carbons (Fsp3) is 0.438. The summed E-state index contributed by atoms with van der Waals surface area (Å²) in [5.41, 5.74) is 0. The molecule has 0 unspecified atom stereocenters. The Bertz CT molecular complexity index is 569. The molecule has 0 atom stereocenters. The number of rotatable bonds is 6. The van der Waals surface area contributed by atoms with E-state index in [9.17, 15) is 0 Å². The van der Waals surface area contributed by atoms with Crippen LogP contribution in [-0.4, -0.2) is 48.4 Å². The predicted octanol–water partition coefficient (Wildman–Crippen LogP) is 4.10. The minimum atomic E-state index is 0.865. The largest absolute Gasteiger partial charge is 0.346 e. The molecule has 0 aliphatic carbocycles. The first-order chi connectivity index (χ1) is 10.8. The number of aromatic nitrogens is 1. The van der Waals surface area contributed by atoms with Gasteiger partial charge in [-0.15, -0.1) is 23.1 Å². The maximum atomic E-state index is 6.18. The van der Waals surface area contributed by atoms with Crippen molar-refractivity contribution in [1.82, 2.24) is 9.88 Å². The molecule has 1 aromatic carbocycles. The Hall–Kier alpha value is -0.750. The molecule has 2 aromatic rings. The van der Waals surface area contributed by atoms with E-state index in [0.717, 1.165) is 42.1 Å². The van der Waals surface area contributed by atoms with E-state index in [2.05, 4.69) is 20.9 Å². The lowest BCUT2D eigenvalue weighted by atomic mass is 10.3. The second-order valence-electron chi connectivity index (χ2n) is 5.28. The second-order valence-corrected chi connectivity index (χ2v) is 7.69. The summed E-state index contributed by atoms with van der Waals surface area (Å²) in [6.45, 7) is 5.62. The smallest absolute Gasteiger partial charge is 0.185 e. The van der Waals surface area contributed by atoms with E-state index in [4.69, 9.17) is 11.6 Å². The van der Waals surface area contributed by atoms with Crippen LogP contribution in [0.3, 0.4) is 0 Å². The van der Waals surface area contributed by atoms with Gasteiger partial charge in [0.1, 0.15) is 0 Å². The summed E-state index contributed by atoms with van der Waals surface area (Å²) in [5.74, 6) is 1.12. The molecule has 0 bridgehead atoms. The molecule has 118 valence electrons. The number of hydrogen-bond donors (Lipinski definition) is 0. The molecule has 1 fully saturated rings. The Kier molecular flexibility index (Phi) is 6.01. The van der Waals surface area contributed by atoms with Gasteiger partial charge in [0.2, 0.25) is 0 Å². The molecule has 3 nitrogen and oxygen atoms in total. The highest BCUT2D eigenvalue weighted by Gasteiger charge is 2.18. The van der Waals surface area contributed by atoms with Crippen LogP contribution in [0.15, 0.2) is 40.7 Å². The van der Waals surface area contributed by atoms with Gasteiger partial charge in [-0.2, -0.15) is 0 Å². The van der Waals surface area contributed by atoms with Crippen LogP contribution in [0, 0.1) is 0 Å². The van der Waals surface area contributed by atoms with Crippen molar-refractivity contribution < 1.29 is 0 Å². The van der Waals surface area contributed by atoms with Crippen molar-refractivity contribution >= 4 is 39.8 Å². The van der Waals surface area contributed by atoms with Gasteiger partial charge in [0.15, 0.2) is 5.13 Å². The van der Waals surface area contributed by atoms with Gasteiger partial charge in [-0.3, -0.25) is 4.90 Å². The number of halogens is 1. The van der Waals surface area contributed by atoms with Gasteiger partial charge in [-0.1, -0.05) is 23.7 Å². The van der Waals surface area contributed by atoms with E-state index < -0.39 is 0 Å². The third-order valence-corrected chi connectivity index (χ3v) is 6.21. The molecule has 6 heteroatoms. The molecule has 2 heterocycles. The summed E-state index contributed by atoms with van der Waals surface area (Å²) in [6.07, 6.45) is 3.09. The number of anilines is 1. The summed E-state index contributed by atoms with van der Waals surface area (Å²) in [4.78, 5) is 10.5. The lowest BCUT2D eigenvalue weighted by Gasteiger charge is -2.34. The van der Waals surface area contributed by atoms with Crippen LogP contribution < -0.4 is 4.90 Å². The Labute approximate surface area is 145 Å². The number of thioether (sulfide) groups is 1. The van der Waals surface area contributed by atoms with E-state index in [1.165, 1.54) is 17.9 Å². The maximum Gasteiger partial charge on any atom is 0.185 e. The molecule has 0 amide bonds. The van der Waals surface area contributed by atoms with Crippen molar-refractivity contribution in [2.75, 3.05) is 43.4 Å². The van der Waals surface area contributed by atoms with Crippen molar-refractivity contribution in [1.29, 1.82) is 0 Å². The molecular formula is C16H20ClN3S2. The quantitative estimate of drug-likeness (QED) is 0.575. The average Bonchev–Trinajstić information content (AvgIpc) is 3.08. The van der Waals surface area contributed by atoms with Crippen LogP contribution >= 0.6 is 34.7 Å². The van der Waals surface area contributed by atoms with Crippen molar-refractivity contribution in [2.45, 2.75) is 11.3 Å². The topological polar surface area (TPSA) is 19.4 Å². The van der Waals surface area contributed by atoms with Crippen molar-refractivity contribution in [3.05, 3.63) is 40.9 Å². The van der Waals surface area contributed by atoms with E-state index in [1.54, 1.807) is 11.3 Å². The second kappa shape index (κ2) is 8.20. The van der Waals surface area contributed by atoms with E-state index in [-0.39, 0.29) is 0 Å². The summed E-state index contributed by atoms with van der Waals surface area (Å²) in [6, 6.07) is 8.09. The Balaban J connectivity index is 1.35. The summed E-state index contributed by atoms with van der Waals surface area (Å²) < 4.78 is 0. The molecular weight excluding hydrogens is 334 g/mol. The van der Waals surface area contributed by atoms with Gasteiger partial charge in [-0.25, -0.2) is 4.98 Å². The third kappa shape index (κ3) is 4.38. The highest BCUT2D eigenvalue weighted by molar-refractivity contribution is 7.99. The zero-order chi connectivity index (χ0) is 15.2. The Morgan fingerprint density at radius 1 is 1.18 bits per heavy atom. The van der Waals surface area contributed by atoms with E-state index in [1.807, 2.05) is 41.5 Å². The standard InChI is InChI=1S/C16H20ClN3S2/c17-14-4-1-2-5-15(14)21-12-3-7-19-8-10-20(11-9-19)16-18-6-13-22-16/h1-2,4-6,13H,3,7-12H2. The fourth-order valence-electron chi connectivity index (χ4n) is 2.57. The van der Waals surface area contributed by atoms with Crippen molar-refractivity contribution in [2.24, 2.45) is 0 Å². The molecule has 1 aromatic heterocycles. The Morgan fingerprint density at radius 2 is 2.00 bits per heavy atom.